The van der Waals surface area contributed by atoms with Gasteiger partial charge in [-0.1, -0.05) is 37.3 Å². The molecule has 94 valence electrons. The lowest BCUT2D eigenvalue weighted by Gasteiger charge is -2.11. The molecule has 0 bridgehead atoms. The monoisotopic (exact) mass is 236 g/mol. The van der Waals surface area contributed by atoms with Crippen molar-refractivity contribution in [1.82, 2.24) is 10.6 Å². The van der Waals surface area contributed by atoms with Crippen LogP contribution in [-0.2, 0) is 4.79 Å². The minimum atomic E-state index is -1.07. The number of aliphatic hydroxyl groups excluding tert-OH is 1. The molecular weight excluding hydrogens is 216 g/mol. The SMILES string of the molecule is CCNCCCNC(=O)C(O)c1ccccc1. The summed E-state index contributed by atoms with van der Waals surface area (Å²) in [7, 11) is 0. The van der Waals surface area contributed by atoms with E-state index in [1.807, 2.05) is 13.0 Å². The Morgan fingerprint density at radius 1 is 1.29 bits per heavy atom. The molecule has 0 saturated heterocycles. The largest absolute Gasteiger partial charge is 0.378 e. The molecule has 0 aliphatic heterocycles. The first-order valence-electron chi connectivity index (χ1n) is 5.97. The van der Waals surface area contributed by atoms with E-state index >= 15 is 0 Å². The fraction of sp³-hybridized carbons (Fsp3) is 0.462. The molecule has 1 atom stereocenters. The zero-order chi connectivity index (χ0) is 12.5. The van der Waals surface area contributed by atoms with Crippen LogP contribution < -0.4 is 10.6 Å². The third-order valence-electron chi connectivity index (χ3n) is 2.44. The topological polar surface area (TPSA) is 61.4 Å². The molecule has 4 nitrogen and oxygen atoms in total. The molecule has 17 heavy (non-hydrogen) atoms. The van der Waals surface area contributed by atoms with E-state index < -0.39 is 6.10 Å². The highest BCUT2D eigenvalue weighted by Crippen LogP contribution is 2.11. The maximum absolute atomic E-state index is 11.6. The maximum atomic E-state index is 11.6. The average Bonchev–Trinajstić information content (AvgIpc) is 2.38. The molecule has 0 spiro atoms. The summed E-state index contributed by atoms with van der Waals surface area (Å²) in [6.45, 7) is 4.42. The van der Waals surface area contributed by atoms with Crippen LogP contribution in [0.4, 0.5) is 0 Å². The van der Waals surface area contributed by atoms with Crippen molar-refractivity contribution in [3.8, 4) is 0 Å². The number of carbonyl (C=O) groups is 1. The van der Waals surface area contributed by atoms with Gasteiger partial charge in [-0.2, -0.15) is 0 Å². The zero-order valence-electron chi connectivity index (χ0n) is 10.1. The Balaban J connectivity index is 2.28. The molecule has 1 aromatic rings. The fourth-order valence-electron chi connectivity index (χ4n) is 1.49. The third kappa shape index (κ3) is 4.97. The maximum Gasteiger partial charge on any atom is 0.253 e. The number of rotatable bonds is 7. The predicted octanol–water partition coefficient (Wildman–Crippen LogP) is 0.836. The second-order valence-corrected chi connectivity index (χ2v) is 3.81. The highest BCUT2D eigenvalue weighted by molar-refractivity contribution is 5.81. The smallest absolute Gasteiger partial charge is 0.253 e. The second-order valence-electron chi connectivity index (χ2n) is 3.81. The summed E-state index contributed by atoms with van der Waals surface area (Å²) >= 11 is 0. The van der Waals surface area contributed by atoms with Crippen LogP contribution in [0.25, 0.3) is 0 Å². The summed E-state index contributed by atoms with van der Waals surface area (Å²) < 4.78 is 0. The van der Waals surface area contributed by atoms with Crippen LogP contribution in [0.5, 0.6) is 0 Å². The Morgan fingerprint density at radius 3 is 2.65 bits per heavy atom. The molecule has 1 aromatic carbocycles. The van der Waals surface area contributed by atoms with Gasteiger partial charge in [-0.05, 0) is 25.1 Å². The minimum Gasteiger partial charge on any atom is -0.378 e. The Bertz CT molecular complexity index is 327. The van der Waals surface area contributed by atoms with Gasteiger partial charge in [0.05, 0.1) is 0 Å². The second kappa shape index (κ2) is 7.81. The van der Waals surface area contributed by atoms with Crippen molar-refractivity contribution < 1.29 is 9.90 Å². The summed E-state index contributed by atoms with van der Waals surface area (Å²) in [5.41, 5.74) is 0.622. The Morgan fingerprint density at radius 2 is 2.00 bits per heavy atom. The van der Waals surface area contributed by atoms with Crippen LogP contribution in [0, 0.1) is 0 Å². The van der Waals surface area contributed by atoms with Crippen molar-refractivity contribution in [2.75, 3.05) is 19.6 Å². The minimum absolute atomic E-state index is 0.340. The van der Waals surface area contributed by atoms with E-state index in [-0.39, 0.29) is 5.91 Å². The fourth-order valence-corrected chi connectivity index (χ4v) is 1.49. The van der Waals surface area contributed by atoms with Crippen LogP contribution in [0.1, 0.15) is 25.0 Å². The molecule has 0 radical (unpaired) electrons. The van der Waals surface area contributed by atoms with E-state index in [2.05, 4.69) is 10.6 Å². The van der Waals surface area contributed by atoms with E-state index in [0.717, 1.165) is 19.5 Å². The number of benzene rings is 1. The number of hydrogen-bond acceptors (Lipinski definition) is 3. The number of nitrogens with one attached hydrogen (secondary N) is 2. The summed E-state index contributed by atoms with van der Waals surface area (Å²) in [5.74, 6) is -0.340. The van der Waals surface area contributed by atoms with E-state index in [1.165, 1.54) is 0 Å². The van der Waals surface area contributed by atoms with Gasteiger partial charge >= 0.3 is 0 Å². The lowest BCUT2D eigenvalue weighted by molar-refractivity contribution is -0.129. The van der Waals surface area contributed by atoms with E-state index in [1.54, 1.807) is 24.3 Å². The summed E-state index contributed by atoms with van der Waals surface area (Å²) in [4.78, 5) is 11.6. The molecule has 0 aliphatic carbocycles. The van der Waals surface area contributed by atoms with Gasteiger partial charge in [0.15, 0.2) is 6.10 Å². The van der Waals surface area contributed by atoms with Crippen LogP contribution in [0.2, 0.25) is 0 Å². The van der Waals surface area contributed by atoms with Crippen molar-refractivity contribution in [2.24, 2.45) is 0 Å². The molecule has 1 unspecified atom stereocenters. The molecule has 0 saturated carbocycles. The quantitative estimate of drug-likeness (QED) is 0.615. The van der Waals surface area contributed by atoms with Crippen LogP contribution in [-0.4, -0.2) is 30.6 Å². The molecular formula is C13H20N2O2. The summed E-state index contributed by atoms with van der Waals surface area (Å²) in [6.07, 6.45) is -0.212. The molecule has 0 aliphatic rings. The molecule has 4 heteroatoms. The summed E-state index contributed by atoms with van der Waals surface area (Å²) in [6, 6.07) is 8.93. The number of aliphatic hydroxyl groups is 1. The number of hydrogen-bond donors (Lipinski definition) is 3. The third-order valence-corrected chi connectivity index (χ3v) is 2.44. The van der Waals surface area contributed by atoms with Crippen molar-refractivity contribution in [3.05, 3.63) is 35.9 Å². The first-order valence-corrected chi connectivity index (χ1v) is 5.97. The lowest BCUT2D eigenvalue weighted by Crippen LogP contribution is -2.31. The Labute approximate surface area is 102 Å². The molecule has 0 fully saturated rings. The zero-order valence-corrected chi connectivity index (χ0v) is 10.1. The molecule has 3 N–H and O–H groups in total. The van der Waals surface area contributed by atoms with E-state index in [4.69, 9.17) is 0 Å². The van der Waals surface area contributed by atoms with Gasteiger partial charge in [-0.15, -0.1) is 0 Å². The van der Waals surface area contributed by atoms with E-state index in [0.29, 0.717) is 12.1 Å². The molecule has 1 rings (SSSR count). The van der Waals surface area contributed by atoms with Gasteiger partial charge in [0.2, 0.25) is 0 Å². The van der Waals surface area contributed by atoms with Crippen molar-refractivity contribution >= 4 is 5.91 Å². The van der Waals surface area contributed by atoms with Crippen LogP contribution >= 0.6 is 0 Å². The number of amides is 1. The molecule has 1 amide bonds. The first-order chi connectivity index (χ1) is 8.25. The molecule has 0 heterocycles. The normalized spacial score (nSPS) is 12.1. The summed E-state index contributed by atoms with van der Waals surface area (Å²) in [5, 5.41) is 15.6. The van der Waals surface area contributed by atoms with Gasteiger partial charge in [-0.25, -0.2) is 0 Å². The van der Waals surface area contributed by atoms with Gasteiger partial charge in [0.25, 0.3) is 5.91 Å². The van der Waals surface area contributed by atoms with Crippen LogP contribution in [0.3, 0.4) is 0 Å². The van der Waals surface area contributed by atoms with Crippen molar-refractivity contribution in [1.29, 1.82) is 0 Å². The highest BCUT2D eigenvalue weighted by atomic mass is 16.3. The molecule has 0 aromatic heterocycles. The standard InChI is InChI=1S/C13H20N2O2/c1-2-14-9-6-10-15-13(17)12(16)11-7-4-3-5-8-11/h3-5,7-8,12,14,16H,2,6,9-10H2,1H3,(H,15,17). The van der Waals surface area contributed by atoms with Gasteiger partial charge < -0.3 is 15.7 Å². The van der Waals surface area contributed by atoms with Gasteiger partial charge in [0.1, 0.15) is 0 Å². The first kappa shape index (κ1) is 13.7. The van der Waals surface area contributed by atoms with Crippen molar-refractivity contribution in [3.63, 3.8) is 0 Å². The van der Waals surface area contributed by atoms with Crippen molar-refractivity contribution in [2.45, 2.75) is 19.4 Å². The number of carbonyl (C=O) groups excluding carboxylic acids is 1. The highest BCUT2D eigenvalue weighted by Gasteiger charge is 2.15. The Hall–Kier alpha value is -1.39. The van der Waals surface area contributed by atoms with Gasteiger partial charge in [0, 0.05) is 6.54 Å². The Kier molecular flexibility index (Phi) is 6.29. The average molecular weight is 236 g/mol. The van der Waals surface area contributed by atoms with Crippen LogP contribution in [0.15, 0.2) is 30.3 Å². The van der Waals surface area contributed by atoms with Gasteiger partial charge in [-0.3, -0.25) is 4.79 Å². The lowest BCUT2D eigenvalue weighted by atomic mass is 10.1. The van der Waals surface area contributed by atoms with E-state index in [9.17, 15) is 9.90 Å². The predicted molar refractivity (Wildman–Crippen MR) is 67.6 cm³/mol.